The SMILES string of the molecule is NC(N)=N[S@](=O)C(c1ccccc1)c1ccccc1. The third-order valence-corrected chi connectivity index (χ3v) is 3.94. The first-order valence-electron chi connectivity index (χ1n) is 5.78. The van der Waals surface area contributed by atoms with Crippen LogP contribution >= 0.6 is 0 Å². The molecule has 0 amide bonds. The van der Waals surface area contributed by atoms with Crippen molar-refractivity contribution in [3.05, 3.63) is 71.8 Å². The summed E-state index contributed by atoms with van der Waals surface area (Å²) in [5, 5.41) is -0.371. The molecule has 0 spiro atoms. The van der Waals surface area contributed by atoms with Gasteiger partial charge >= 0.3 is 0 Å². The van der Waals surface area contributed by atoms with Gasteiger partial charge in [0.05, 0.1) is 0 Å². The van der Waals surface area contributed by atoms with Crippen LogP contribution in [0.5, 0.6) is 0 Å². The number of hydrogen-bond acceptors (Lipinski definition) is 1. The zero-order chi connectivity index (χ0) is 13.7. The first-order chi connectivity index (χ1) is 9.18. The predicted octanol–water partition coefficient (Wildman–Crippen LogP) is 1.71. The van der Waals surface area contributed by atoms with Crippen molar-refractivity contribution in [1.29, 1.82) is 0 Å². The van der Waals surface area contributed by atoms with Gasteiger partial charge < -0.3 is 11.5 Å². The summed E-state index contributed by atoms with van der Waals surface area (Å²) >= 11 is 0. The molecule has 0 aliphatic rings. The van der Waals surface area contributed by atoms with Crippen LogP contribution in [0.25, 0.3) is 0 Å². The van der Waals surface area contributed by atoms with Gasteiger partial charge in [-0.15, -0.1) is 0 Å². The topological polar surface area (TPSA) is 81.5 Å². The molecule has 0 unspecified atom stereocenters. The van der Waals surface area contributed by atoms with Crippen molar-refractivity contribution >= 4 is 16.9 Å². The number of hydrogen-bond donors (Lipinski definition) is 2. The average molecular weight is 273 g/mol. The molecule has 1 atom stereocenters. The number of rotatable bonds is 4. The van der Waals surface area contributed by atoms with Crippen LogP contribution in [-0.2, 0) is 11.0 Å². The van der Waals surface area contributed by atoms with Gasteiger partial charge in [-0.2, -0.15) is 4.40 Å². The second kappa shape index (κ2) is 6.15. The number of guanidine groups is 1. The highest BCUT2D eigenvalue weighted by atomic mass is 32.2. The molecular weight excluding hydrogens is 258 g/mol. The van der Waals surface area contributed by atoms with E-state index in [1.807, 2.05) is 60.7 Å². The lowest BCUT2D eigenvalue weighted by molar-refractivity contribution is 0.679. The molecule has 0 aromatic heterocycles. The Bertz CT molecular complexity index is 541. The van der Waals surface area contributed by atoms with Gasteiger partial charge in [0.15, 0.2) is 16.9 Å². The Morgan fingerprint density at radius 1 is 0.895 bits per heavy atom. The van der Waals surface area contributed by atoms with Gasteiger partial charge in [-0.05, 0) is 11.1 Å². The maximum atomic E-state index is 12.3. The number of nitrogens with two attached hydrogens (primary N) is 2. The summed E-state index contributed by atoms with van der Waals surface area (Å²) in [4.78, 5) is 0. The molecule has 4 nitrogen and oxygen atoms in total. The van der Waals surface area contributed by atoms with E-state index >= 15 is 0 Å². The maximum Gasteiger partial charge on any atom is 0.200 e. The minimum Gasteiger partial charge on any atom is -0.369 e. The van der Waals surface area contributed by atoms with Crippen LogP contribution in [-0.4, -0.2) is 10.2 Å². The standard InChI is InChI=1S/C14H15N3OS/c15-14(16)17-19(18)13(11-7-3-1-4-8-11)12-9-5-2-6-10-12/h1-10,13H,(H4,15,16,17)/t19-/m1/s1. The van der Waals surface area contributed by atoms with Crippen molar-refractivity contribution < 1.29 is 4.21 Å². The highest BCUT2D eigenvalue weighted by Crippen LogP contribution is 2.28. The minimum absolute atomic E-state index is 0.171. The van der Waals surface area contributed by atoms with Crippen molar-refractivity contribution in [1.82, 2.24) is 0 Å². The Labute approximate surface area is 114 Å². The molecule has 0 bridgehead atoms. The van der Waals surface area contributed by atoms with Crippen LogP contribution in [0, 0.1) is 0 Å². The van der Waals surface area contributed by atoms with E-state index in [4.69, 9.17) is 11.5 Å². The molecule has 4 N–H and O–H groups in total. The summed E-state index contributed by atoms with van der Waals surface area (Å²) < 4.78 is 16.1. The first kappa shape index (κ1) is 13.3. The summed E-state index contributed by atoms with van der Waals surface area (Å²) in [5.41, 5.74) is 12.5. The van der Waals surface area contributed by atoms with Crippen molar-refractivity contribution in [2.75, 3.05) is 0 Å². The summed E-state index contributed by atoms with van der Waals surface area (Å²) in [5.74, 6) is -0.171. The normalized spacial score (nSPS) is 12.1. The highest BCUT2D eigenvalue weighted by molar-refractivity contribution is 7.84. The molecule has 0 saturated carbocycles. The molecule has 2 aromatic rings. The zero-order valence-corrected chi connectivity index (χ0v) is 11.1. The minimum atomic E-state index is -1.55. The number of nitrogens with zero attached hydrogens (tertiary/aromatic N) is 1. The van der Waals surface area contributed by atoms with Crippen LogP contribution in [0.3, 0.4) is 0 Å². The third kappa shape index (κ3) is 3.42. The summed E-state index contributed by atoms with van der Waals surface area (Å²) in [6, 6.07) is 19.1. The van der Waals surface area contributed by atoms with Crippen LogP contribution in [0.2, 0.25) is 0 Å². The second-order valence-corrected chi connectivity index (χ2v) is 5.20. The van der Waals surface area contributed by atoms with Gasteiger partial charge in [0.25, 0.3) is 0 Å². The van der Waals surface area contributed by atoms with Gasteiger partial charge in [0.2, 0.25) is 0 Å². The van der Waals surface area contributed by atoms with E-state index in [0.29, 0.717) is 0 Å². The molecule has 0 radical (unpaired) electrons. The van der Waals surface area contributed by atoms with Gasteiger partial charge in [0.1, 0.15) is 5.25 Å². The van der Waals surface area contributed by atoms with Crippen molar-refractivity contribution in [3.8, 4) is 0 Å². The predicted molar refractivity (Wildman–Crippen MR) is 78.7 cm³/mol. The second-order valence-electron chi connectivity index (χ2n) is 3.99. The van der Waals surface area contributed by atoms with Crippen molar-refractivity contribution in [2.45, 2.75) is 5.25 Å². The average Bonchev–Trinajstić information content (AvgIpc) is 2.40. The molecule has 0 fully saturated rings. The Hall–Kier alpha value is -2.14. The Morgan fingerprint density at radius 3 is 1.68 bits per heavy atom. The molecule has 2 rings (SSSR count). The lowest BCUT2D eigenvalue weighted by Crippen LogP contribution is -2.24. The molecule has 98 valence electrons. The Morgan fingerprint density at radius 2 is 1.32 bits per heavy atom. The van der Waals surface area contributed by atoms with Crippen LogP contribution in [0.4, 0.5) is 0 Å². The van der Waals surface area contributed by atoms with E-state index in [0.717, 1.165) is 11.1 Å². The van der Waals surface area contributed by atoms with Gasteiger partial charge in [-0.1, -0.05) is 60.7 Å². The molecule has 0 heterocycles. The Kier molecular flexibility index (Phi) is 4.30. The quantitative estimate of drug-likeness (QED) is 0.657. The van der Waals surface area contributed by atoms with Gasteiger partial charge in [0, 0.05) is 0 Å². The van der Waals surface area contributed by atoms with Gasteiger partial charge in [-0.3, -0.25) is 0 Å². The fourth-order valence-corrected chi connectivity index (χ4v) is 2.93. The zero-order valence-electron chi connectivity index (χ0n) is 10.3. The summed E-state index contributed by atoms with van der Waals surface area (Å²) in [7, 11) is -1.55. The smallest absolute Gasteiger partial charge is 0.200 e. The molecule has 0 saturated heterocycles. The van der Waals surface area contributed by atoms with Crippen molar-refractivity contribution in [3.63, 3.8) is 0 Å². The largest absolute Gasteiger partial charge is 0.369 e. The molecule has 5 heteroatoms. The highest BCUT2D eigenvalue weighted by Gasteiger charge is 2.20. The fourth-order valence-electron chi connectivity index (χ4n) is 1.84. The van der Waals surface area contributed by atoms with E-state index in [2.05, 4.69) is 4.40 Å². The van der Waals surface area contributed by atoms with Gasteiger partial charge in [-0.25, -0.2) is 4.21 Å². The Balaban J connectivity index is 2.46. The van der Waals surface area contributed by atoms with E-state index in [-0.39, 0.29) is 11.2 Å². The first-order valence-corrected chi connectivity index (χ1v) is 6.95. The molecule has 0 aliphatic heterocycles. The third-order valence-electron chi connectivity index (χ3n) is 2.60. The molecule has 2 aromatic carbocycles. The summed E-state index contributed by atoms with van der Waals surface area (Å²) in [6.07, 6.45) is 0. The van der Waals surface area contributed by atoms with Crippen LogP contribution in [0.1, 0.15) is 16.4 Å². The van der Waals surface area contributed by atoms with Crippen LogP contribution in [0.15, 0.2) is 65.1 Å². The van der Waals surface area contributed by atoms with E-state index in [1.54, 1.807) is 0 Å². The molecule has 0 aliphatic carbocycles. The lowest BCUT2D eigenvalue weighted by Gasteiger charge is -2.14. The van der Waals surface area contributed by atoms with E-state index in [1.165, 1.54) is 0 Å². The molecule has 19 heavy (non-hydrogen) atoms. The van der Waals surface area contributed by atoms with E-state index in [9.17, 15) is 4.21 Å². The van der Waals surface area contributed by atoms with Crippen molar-refractivity contribution in [2.24, 2.45) is 15.9 Å². The monoisotopic (exact) mass is 273 g/mol. The van der Waals surface area contributed by atoms with E-state index < -0.39 is 11.0 Å². The number of benzene rings is 2. The fraction of sp³-hybridized carbons (Fsp3) is 0.0714. The van der Waals surface area contributed by atoms with Crippen LogP contribution < -0.4 is 11.5 Å². The maximum absolute atomic E-state index is 12.3. The lowest BCUT2D eigenvalue weighted by atomic mass is 10.0. The summed E-state index contributed by atoms with van der Waals surface area (Å²) in [6.45, 7) is 0. The molecular formula is C14H15N3OS.